The lowest BCUT2D eigenvalue weighted by Crippen LogP contribution is -2.41. The quantitative estimate of drug-likeness (QED) is 0.886. The summed E-state index contributed by atoms with van der Waals surface area (Å²) in [6.45, 7) is 6.82. The Balaban J connectivity index is 2.06. The van der Waals surface area contributed by atoms with Crippen LogP contribution in [0.25, 0.3) is 0 Å². The van der Waals surface area contributed by atoms with Crippen molar-refractivity contribution in [1.29, 1.82) is 0 Å². The molecule has 1 aliphatic rings. The highest BCUT2D eigenvalue weighted by Crippen LogP contribution is 2.13. The molecule has 104 valence electrons. The Kier molecular flexibility index (Phi) is 4.74. The summed E-state index contributed by atoms with van der Waals surface area (Å²) in [7, 11) is 0. The molecule has 0 unspecified atom stereocenters. The van der Waals surface area contributed by atoms with Crippen molar-refractivity contribution >= 4 is 5.91 Å². The van der Waals surface area contributed by atoms with Crippen LogP contribution in [0, 0.1) is 0 Å². The summed E-state index contributed by atoms with van der Waals surface area (Å²) in [4.78, 5) is 18.4. The Labute approximate surface area is 114 Å². The van der Waals surface area contributed by atoms with E-state index in [2.05, 4.69) is 15.2 Å². The molecule has 1 atom stereocenters. The van der Waals surface area contributed by atoms with Gasteiger partial charge in [-0.25, -0.2) is 4.98 Å². The van der Waals surface area contributed by atoms with Crippen LogP contribution in [0.3, 0.4) is 0 Å². The number of nitrogens with zero attached hydrogens (tertiary/aromatic N) is 2. The molecule has 0 aromatic carbocycles. The van der Waals surface area contributed by atoms with Gasteiger partial charge < -0.3 is 10.1 Å². The lowest BCUT2D eigenvalue weighted by Gasteiger charge is -2.24. The summed E-state index contributed by atoms with van der Waals surface area (Å²) in [5, 5.41) is 2.92. The maximum absolute atomic E-state index is 11.8. The van der Waals surface area contributed by atoms with E-state index >= 15 is 0 Å². The number of hydrogen-bond donors (Lipinski definition) is 1. The van der Waals surface area contributed by atoms with Gasteiger partial charge in [0, 0.05) is 25.7 Å². The normalized spacial score (nSPS) is 20.7. The van der Waals surface area contributed by atoms with Crippen LogP contribution in [0.5, 0.6) is 5.88 Å². The van der Waals surface area contributed by atoms with Crippen molar-refractivity contribution in [3.8, 4) is 5.88 Å². The molecule has 0 saturated carbocycles. The minimum Gasteiger partial charge on any atom is -0.478 e. The lowest BCUT2D eigenvalue weighted by atomic mass is 10.2. The van der Waals surface area contributed by atoms with E-state index in [1.54, 1.807) is 0 Å². The Morgan fingerprint density at radius 3 is 3.16 bits per heavy atom. The number of aromatic nitrogens is 1. The van der Waals surface area contributed by atoms with Gasteiger partial charge >= 0.3 is 0 Å². The van der Waals surface area contributed by atoms with Crippen LogP contribution in [0.4, 0.5) is 0 Å². The standard InChI is InChI=1S/C14H21N3O2/c1-3-19-13-7-4-6-12(16-13)10-17-9-5-8-15-14(18)11(17)2/h4,6-7,11H,3,5,8-10H2,1-2H3,(H,15,18)/t11-/m0/s1. The van der Waals surface area contributed by atoms with Gasteiger partial charge in [0.1, 0.15) is 0 Å². The van der Waals surface area contributed by atoms with Gasteiger partial charge in [-0.15, -0.1) is 0 Å². The van der Waals surface area contributed by atoms with Crippen LogP contribution < -0.4 is 10.1 Å². The first-order chi connectivity index (χ1) is 9.20. The molecule has 5 nitrogen and oxygen atoms in total. The average Bonchev–Trinajstić information content (AvgIpc) is 2.55. The molecule has 0 aliphatic carbocycles. The number of hydrogen-bond acceptors (Lipinski definition) is 4. The van der Waals surface area contributed by atoms with Crippen LogP contribution in [-0.4, -0.2) is 41.5 Å². The summed E-state index contributed by atoms with van der Waals surface area (Å²) in [5.41, 5.74) is 0.938. The smallest absolute Gasteiger partial charge is 0.237 e. The molecule has 2 heterocycles. The molecule has 1 aliphatic heterocycles. The molecule has 1 amide bonds. The van der Waals surface area contributed by atoms with Crippen molar-refractivity contribution in [2.75, 3.05) is 19.7 Å². The number of carbonyl (C=O) groups is 1. The molecule has 1 aromatic rings. The van der Waals surface area contributed by atoms with E-state index in [9.17, 15) is 4.79 Å². The Hall–Kier alpha value is -1.62. The molecule has 19 heavy (non-hydrogen) atoms. The van der Waals surface area contributed by atoms with Gasteiger partial charge in [-0.3, -0.25) is 9.69 Å². The van der Waals surface area contributed by atoms with Crippen molar-refractivity contribution in [1.82, 2.24) is 15.2 Å². The number of ether oxygens (including phenoxy) is 1. The topological polar surface area (TPSA) is 54.5 Å². The van der Waals surface area contributed by atoms with E-state index < -0.39 is 0 Å². The summed E-state index contributed by atoms with van der Waals surface area (Å²) in [6, 6.07) is 5.65. The van der Waals surface area contributed by atoms with Crippen LogP contribution in [0.15, 0.2) is 18.2 Å². The minimum atomic E-state index is -0.111. The summed E-state index contributed by atoms with van der Waals surface area (Å²) >= 11 is 0. The highest BCUT2D eigenvalue weighted by molar-refractivity contribution is 5.81. The summed E-state index contributed by atoms with van der Waals surface area (Å²) in [5.74, 6) is 0.741. The van der Waals surface area contributed by atoms with Gasteiger partial charge in [-0.05, 0) is 26.3 Å². The molecule has 1 saturated heterocycles. The van der Waals surface area contributed by atoms with Crippen molar-refractivity contribution < 1.29 is 9.53 Å². The van der Waals surface area contributed by atoms with Crippen molar-refractivity contribution in [3.05, 3.63) is 23.9 Å². The molecular formula is C14H21N3O2. The van der Waals surface area contributed by atoms with Crippen LogP contribution in [-0.2, 0) is 11.3 Å². The average molecular weight is 263 g/mol. The van der Waals surface area contributed by atoms with Gasteiger partial charge in [0.2, 0.25) is 11.8 Å². The number of rotatable bonds is 4. The predicted octanol–water partition coefficient (Wildman–Crippen LogP) is 1.19. The van der Waals surface area contributed by atoms with Gasteiger partial charge in [0.15, 0.2) is 0 Å². The van der Waals surface area contributed by atoms with Crippen molar-refractivity contribution in [3.63, 3.8) is 0 Å². The minimum absolute atomic E-state index is 0.0958. The van der Waals surface area contributed by atoms with Crippen molar-refractivity contribution in [2.24, 2.45) is 0 Å². The second-order valence-corrected chi connectivity index (χ2v) is 4.69. The Morgan fingerprint density at radius 1 is 1.53 bits per heavy atom. The fourth-order valence-electron chi connectivity index (χ4n) is 2.20. The third-order valence-corrected chi connectivity index (χ3v) is 3.29. The van der Waals surface area contributed by atoms with E-state index in [-0.39, 0.29) is 11.9 Å². The predicted molar refractivity (Wildman–Crippen MR) is 72.9 cm³/mol. The van der Waals surface area contributed by atoms with Gasteiger partial charge in [-0.1, -0.05) is 6.07 Å². The summed E-state index contributed by atoms with van der Waals surface area (Å²) < 4.78 is 5.40. The Bertz CT molecular complexity index is 436. The fourth-order valence-corrected chi connectivity index (χ4v) is 2.20. The van der Waals surface area contributed by atoms with Crippen LogP contribution in [0.2, 0.25) is 0 Å². The van der Waals surface area contributed by atoms with E-state index in [4.69, 9.17) is 4.74 Å². The molecule has 0 radical (unpaired) electrons. The number of pyridine rings is 1. The molecule has 1 fully saturated rings. The van der Waals surface area contributed by atoms with E-state index in [0.717, 1.165) is 25.2 Å². The zero-order valence-corrected chi connectivity index (χ0v) is 11.6. The number of nitrogens with one attached hydrogen (secondary N) is 1. The van der Waals surface area contributed by atoms with Gasteiger partial charge in [0.25, 0.3) is 0 Å². The zero-order valence-electron chi connectivity index (χ0n) is 11.6. The molecule has 5 heteroatoms. The number of amides is 1. The highest BCUT2D eigenvalue weighted by Gasteiger charge is 2.23. The second kappa shape index (κ2) is 6.52. The fraction of sp³-hybridized carbons (Fsp3) is 0.571. The molecule has 1 N–H and O–H groups in total. The molecule has 1 aromatic heterocycles. The monoisotopic (exact) mass is 263 g/mol. The summed E-state index contributed by atoms with van der Waals surface area (Å²) in [6.07, 6.45) is 0.973. The highest BCUT2D eigenvalue weighted by atomic mass is 16.5. The van der Waals surface area contributed by atoms with E-state index in [1.807, 2.05) is 32.0 Å². The third kappa shape index (κ3) is 3.67. The van der Waals surface area contributed by atoms with Crippen LogP contribution in [0.1, 0.15) is 26.0 Å². The van der Waals surface area contributed by atoms with Gasteiger partial charge in [0.05, 0.1) is 18.3 Å². The third-order valence-electron chi connectivity index (χ3n) is 3.29. The van der Waals surface area contributed by atoms with E-state index in [0.29, 0.717) is 19.0 Å². The SMILES string of the molecule is CCOc1cccc(CN2CCCNC(=O)[C@@H]2C)n1. The number of carbonyl (C=O) groups excluding carboxylic acids is 1. The van der Waals surface area contributed by atoms with E-state index in [1.165, 1.54) is 0 Å². The van der Waals surface area contributed by atoms with Crippen LogP contribution >= 0.6 is 0 Å². The molecular weight excluding hydrogens is 242 g/mol. The molecule has 0 spiro atoms. The second-order valence-electron chi connectivity index (χ2n) is 4.69. The Morgan fingerprint density at radius 2 is 2.37 bits per heavy atom. The molecule has 0 bridgehead atoms. The maximum atomic E-state index is 11.8. The van der Waals surface area contributed by atoms with Gasteiger partial charge in [-0.2, -0.15) is 0 Å². The first kappa shape index (κ1) is 13.8. The largest absolute Gasteiger partial charge is 0.478 e. The first-order valence-electron chi connectivity index (χ1n) is 6.81. The molecule has 2 rings (SSSR count). The maximum Gasteiger partial charge on any atom is 0.237 e. The zero-order chi connectivity index (χ0) is 13.7. The van der Waals surface area contributed by atoms with Crippen molar-refractivity contribution in [2.45, 2.75) is 32.9 Å². The lowest BCUT2D eigenvalue weighted by molar-refractivity contribution is -0.125. The first-order valence-corrected chi connectivity index (χ1v) is 6.81.